The number of urea groups is 1. The number of carbonyl (C=O) groups excluding carboxylic acids is 1. The first-order valence-corrected chi connectivity index (χ1v) is 10.00. The van der Waals surface area contributed by atoms with Crippen molar-refractivity contribution in [3.63, 3.8) is 0 Å². The Bertz CT molecular complexity index is 645. The fourth-order valence-electron chi connectivity index (χ4n) is 4.47. The number of rotatable bonds is 3. The Kier molecular flexibility index (Phi) is 5.34. The Balaban J connectivity index is 0.00000261. The van der Waals surface area contributed by atoms with Crippen LogP contribution in [0.4, 0.5) is 4.79 Å². The third-order valence-corrected chi connectivity index (χ3v) is 6.20. The summed E-state index contributed by atoms with van der Waals surface area (Å²) in [6, 6.07) is 8.90. The molecule has 26 heavy (non-hydrogen) atoms. The average Bonchev–Trinajstić information content (AvgIpc) is 2.88. The minimum absolute atomic E-state index is 0. The molecule has 1 heterocycles. The Morgan fingerprint density at radius 1 is 1.27 bits per heavy atom. The highest BCUT2D eigenvalue weighted by molar-refractivity contribution is 5.74. The smallest absolute Gasteiger partial charge is 0.317 e. The Labute approximate surface area is 160 Å². The van der Waals surface area contributed by atoms with E-state index in [-0.39, 0.29) is 18.9 Å². The Morgan fingerprint density at radius 3 is 2.54 bits per heavy atom. The maximum absolute atomic E-state index is 12.2. The van der Waals surface area contributed by atoms with Crippen molar-refractivity contribution in [1.29, 1.82) is 0 Å². The van der Waals surface area contributed by atoms with Crippen LogP contribution in [0, 0.1) is 5.41 Å². The molecule has 0 bridgehead atoms. The lowest BCUT2D eigenvalue weighted by Crippen LogP contribution is -2.43. The first kappa shape index (κ1) is 19.2. The number of hydrogen-bond donors (Lipinski definition) is 1. The van der Waals surface area contributed by atoms with Gasteiger partial charge in [0.05, 0.1) is 6.04 Å². The monoisotopic (exact) mass is 359 g/mol. The summed E-state index contributed by atoms with van der Waals surface area (Å²) in [4.78, 5) is 16.5. The van der Waals surface area contributed by atoms with Crippen molar-refractivity contribution in [2.75, 3.05) is 33.7 Å². The van der Waals surface area contributed by atoms with E-state index < -0.39 is 0 Å². The van der Waals surface area contributed by atoms with Crippen molar-refractivity contribution in [3.05, 3.63) is 35.4 Å². The maximum Gasteiger partial charge on any atom is 0.317 e. The summed E-state index contributed by atoms with van der Waals surface area (Å²) in [6.07, 6.45) is 4.68. The van der Waals surface area contributed by atoms with Crippen LogP contribution in [-0.4, -0.2) is 49.6 Å². The molecule has 0 saturated carbocycles. The van der Waals surface area contributed by atoms with E-state index in [0.717, 1.165) is 6.42 Å². The average molecular weight is 360 g/mol. The summed E-state index contributed by atoms with van der Waals surface area (Å²) >= 11 is 0. The third kappa shape index (κ3) is 4.06. The van der Waals surface area contributed by atoms with Crippen LogP contribution >= 0.6 is 0 Å². The summed E-state index contributed by atoms with van der Waals surface area (Å²) in [5, 5.41) is 3.24. The molecule has 1 aliphatic carbocycles. The molecule has 0 aromatic heterocycles. The van der Waals surface area contributed by atoms with Crippen molar-refractivity contribution < 1.29 is 6.22 Å². The molecule has 3 rings (SSSR count). The molecule has 1 spiro atoms. The molecule has 1 aliphatic heterocycles. The first-order valence-electron chi connectivity index (χ1n) is 10.00. The molecular formula is C22H37N3O. The van der Waals surface area contributed by atoms with E-state index in [1.165, 1.54) is 50.0 Å². The molecule has 1 fully saturated rings. The van der Waals surface area contributed by atoms with Crippen molar-refractivity contribution in [1.82, 2.24) is 15.1 Å². The van der Waals surface area contributed by atoms with Gasteiger partial charge < -0.3 is 15.1 Å². The Hall–Kier alpha value is -1.55. The van der Waals surface area contributed by atoms with Gasteiger partial charge in [0.2, 0.25) is 0 Å². The summed E-state index contributed by atoms with van der Waals surface area (Å²) in [7, 11) is 3.61. The molecule has 2 aliphatic rings. The van der Waals surface area contributed by atoms with Crippen LogP contribution in [0.5, 0.6) is 0 Å². The number of fused-ring (bicyclic) bond motifs is 2. The van der Waals surface area contributed by atoms with Gasteiger partial charge in [0.15, 0.2) is 0 Å². The lowest BCUT2D eigenvalue weighted by Gasteiger charge is -2.41. The number of hydrogen-bond acceptors (Lipinski definition) is 2. The van der Waals surface area contributed by atoms with Gasteiger partial charge in [0.25, 0.3) is 0 Å². The number of carbonyl (C=O) groups is 1. The van der Waals surface area contributed by atoms with Crippen molar-refractivity contribution in [2.24, 2.45) is 5.41 Å². The van der Waals surface area contributed by atoms with E-state index in [1.807, 2.05) is 0 Å². The standard InChI is InChI=1S/C22H35N3O.H2/c1-21(2,3)10-13-25-14-11-22(12-15-25)16-19(23-20(26)24(4)5)17-8-6-7-9-18(17)22;/h6-9,19H,10-16H2,1-5H3,(H,23,26);1H/t19-;/m0./s1. The van der Waals surface area contributed by atoms with Crippen LogP contribution in [0.25, 0.3) is 0 Å². The van der Waals surface area contributed by atoms with Gasteiger partial charge in [-0.15, -0.1) is 0 Å². The van der Waals surface area contributed by atoms with Crippen molar-refractivity contribution >= 4 is 6.03 Å². The number of likely N-dealkylation sites (tertiary alicyclic amines) is 1. The van der Waals surface area contributed by atoms with Gasteiger partial charge in [0, 0.05) is 20.9 Å². The maximum atomic E-state index is 12.2. The lowest BCUT2D eigenvalue weighted by atomic mass is 9.73. The second-order valence-corrected chi connectivity index (χ2v) is 9.62. The predicted molar refractivity (Wildman–Crippen MR) is 110 cm³/mol. The number of benzene rings is 1. The van der Waals surface area contributed by atoms with E-state index in [4.69, 9.17) is 0 Å². The van der Waals surface area contributed by atoms with Crippen molar-refractivity contribution in [3.8, 4) is 0 Å². The number of nitrogens with zero attached hydrogens (tertiary/aromatic N) is 2. The number of piperidine rings is 1. The van der Waals surface area contributed by atoms with E-state index in [1.54, 1.807) is 19.0 Å². The van der Waals surface area contributed by atoms with Gasteiger partial charge in [-0.2, -0.15) is 0 Å². The highest BCUT2D eigenvalue weighted by Gasteiger charge is 2.45. The molecule has 1 N–H and O–H groups in total. The minimum atomic E-state index is 0. The summed E-state index contributed by atoms with van der Waals surface area (Å²) < 4.78 is 0. The molecule has 1 aromatic rings. The molecule has 0 radical (unpaired) electrons. The second-order valence-electron chi connectivity index (χ2n) is 9.62. The normalized spacial score (nSPS) is 22.3. The number of amides is 2. The van der Waals surface area contributed by atoms with Crippen LogP contribution < -0.4 is 5.32 Å². The molecule has 4 nitrogen and oxygen atoms in total. The molecule has 146 valence electrons. The molecular weight excluding hydrogens is 322 g/mol. The van der Waals surface area contributed by atoms with Gasteiger partial charge in [-0.3, -0.25) is 0 Å². The zero-order valence-electron chi connectivity index (χ0n) is 17.1. The van der Waals surface area contributed by atoms with Crippen LogP contribution in [-0.2, 0) is 5.41 Å². The molecule has 4 heteroatoms. The van der Waals surface area contributed by atoms with E-state index in [2.05, 4.69) is 55.3 Å². The van der Waals surface area contributed by atoms with E-state index in [9.17, 15) is 4.79 Å². The first-order chi connectivity index (χ1) is 12.2. The molecule has 1 saturated heterocycles. The summed E-state index contributed by atoms with van der Waals surface area (Å²) in [5.74, 6) is 0. The van der Waals surface area contributed by atoms with E-state index >= 15 is 0 Å². The number of nitrogens with one attached hydrogen (secondary N) is 1. The quantitative estimate of drug-likeness (QED) is 0.867. The molecule has 2 amide bonds. The molecule has 1 aromatic carbocycles. The summed E-state index contributed by atoms with van der Waals surface area (Å²) in [6.45, 7) is 10.5. The van der Waals surface area contributed by atoms with Gasteiger partial charge in [-0.05, 0) is 61.9 Å². The van der Waals surface area contributed by atoms with Crippen LogP contribution in [0.2, 0.25) is 0 Å². The highest BCUT2D eigenvalue weighted by atomic mass is 16.2. The van der Waals surface area contributed by atoms with Gasteiger partial charge in [0.1, 0.15) is 0 Å². The molecule has 1 atom stereocenters. The lowest BCUT2D eigenvalue weighted by molar-refractivity contribution is 0.138. The van der Waals surface area contributed by atoms with Gasteiger partial charge in [-0.1, -0.05) is 45.0 Å². The van der Waals surface area contributed by atoms with Crippen LogP contribution in [0.1, 0.15) is 65.0 Å². The SMILES string of the molecule is CN(C)C(=O)N[C@H]1CC2(CCN(CCC(C)(C)C)CC2)c2ccccc21.[HH]. The van der Waals surface area contributed by atoms with Crippen LogP contribution in [0.3, 0.4) is 0 Å². The van der Waals surface area contributed by atoms with E-state index in [0.29, 0.717) is 5.41 Å². The summed E-state index contributed by atoms with van der Waals surface area (Å²) in [5.41, 5.74) is 3.43. The largest absolute Gasteiger partial charge is 0.331 e. The highest BCUT2D eigenvalue weighted by Crippen LogP contribution is 2.50. The second kappa shape index (κ2) is 7.22. The van der Waals surface area contributed by atoms with Gasteiger partial charge in [-0.25, -0.2) is 4.79 Å². The molecule has 0 unspecified atom stereocenters. The zero-order chi connectivity index (χ0) is 18.9. The predicted octanol–water partition coefficient (Wildman–Crippen LogP) is 4.42. The fraction of sp³-hybridized carbons (Fsp3) is 0.682. The zero-order valence-corrected chi connectivity index (χ0v) is 17.1. The third-order valence-electron chi connectivity index (χ3n) is 6.20. The fourth-order valence-corrected chi connectivity index (χ4v) is 4.47. The van der Waals surface area contributed by atoms with Crippen molar-refractivity contribution in [2.45, 2.75) is 57.9 Å². The topological polar surface area (TPSA) is 35.6 Å². The Morgan fingerprint density at radius 2 is 1.92 bits per heavy atom. The van der Waals surface area contributed by atoms with Crippen LogP contribution in [0.15, 0.2) is 24.3 Å². The van der Waals surface area contributed by atoms with Gasteiger partial charge >= 0.3 is 6.03 Å². The minimum Gasteiger partial charge on any atom is -0.331 e.